The summed E-state index contributed by atoms with van der Waals surface area (Å²) < 4.78 is 1.15. The van der Waals surface area contributed by atoms with Crippen LogP contribution in [0.2, 0.25) is 0 Å². The maximum Gasteiger partial charge on any atom is 0.180 e. The number of hydrogen-bond acceptors (Lipinski definition) is 4. The zero-order valence-electron chi connectivity index (χ0n) is 12.4. The van der Waals surface area contributed by atoms with Gasteiger partial charge in [0.2, 0.25) is 0 Å². The van der Waals surface area contributed by atoms with Crippen molar-refractivity contribution in [3.8, 4) is 11.5 Å². The van der Waals surface area contributed by atoms with Crippen LogP contribution in [-0.4, -0.2) is 22.0 Å². The van der Waals surface area contributed by atoms with Gasteiger partial charge in [0.05, 0.1) is 9.26 Å². The first-order valence-electron chi connectivity index (χ1n) is 7.37. The van der Waals surface area contributed by atoms with E-state index in [1.165, 1.54) is 36.9 Å². The third-order valence-electron chi connectivity index (χ3n) is 4.00. The highest BCUT2D eigenvalue weighted by Gasteiger charge is 2.24. The average Bonchev–Trinajstić information content (AvgIpc) is 3.01. The molecular formula is C16H19IN4. The van der Waals surface area contributed by atoms with E-state index < -0.39 is 0 Å². The van der Waals surface area contributed by atoms with Crippen LogP contribution in [0.5, 0.6) is 0 Å². The van der Waals surface area contributed by atoms with Crippen molar-refractivity contribution < 1.29 is 0 Å². The molecule has 1 saturated carbocycles. The molecule has 0 aromatic carbocycles. The van der Waals surface area contributed by atoms with Crippen molar-refractivity contribution in [2.75, 3.05) is 12.4 Å². The lowest BCUT2D eigenvalue weighted by molar-refractivity contribution is 0.690. The van der Waals surface area contributed by atoms with E-state index in [0.29, 0.717) is 5.92 Å². The van der Waals surface area contributed by atoms with Gasteiger partial charge in [0.25, 0.3) is 0 Å². The molecule has 0 aliphatic heterocycles. The molecule has 1 aliphatic rings. The Bertz CT molecular complexity index is 651. The monoisotopic (exact) mass is 394 g/mol. The highest BCUT2D eigenvalue weighted by atomic mass is 127. The van der Waals surface area contributed by atoms with Gasteiger partial charge < -0.3 is 5.32 Å². The molecule has 3 rings (SSSR count). The first-order chi connectivity index (χ1) is 10.2. The Morgan fingerprint density at radius 2 is 2.00 bits per heavy atom. The van der Waals surface area contributed by atoms with Crippen LogP contribution in [0.1, 0.15) is 42.9 Å². The van der Waals surface area contributed by atoms with E-state index in [1.807, 2.05) is 25.4 Å². The second-order valence-electron chi connectivity index (χ2n) is 5.54. The van der Waals surface area contributed by atoms with Crippen molar-refractivity contribution >= 4 is 28.4 Å². The van der Waals surface area contributed by atoms with E-state index in [4.69, 9.17) is 4.98 Å². The second-order valence-corrected chi connectivity index (χ2v) is 6.62. The quantitative estimate of drug-likeness (QED) is 0.795. The van der Waals surface area contributed by atoms with Crippen LogP contribution in [0, 0.1) is 10.5 Å². The molecule has 2 heterocycles. The molecule has 5 heteroatoms. The number of aryl methyl sites for hydroxylation is 1. The summed E-state index contributed by atoms with van der Waals surface area (Å²) in [6.45, 7) is 2.06. The number of nitrogens with zero attached hydrogens (tertiary/aromatic N) is 3. The van der Waals surface area contributed by atoms with E-state index in [9.17, 15) is 0 Å². The largest absolute Gasteiger partial charge is 0.372 e. The molecule has 0 bridgehead atoms. The Kier molecular flexibility index (Phi) is 4.37. The number of rotatable bonds is 3. The van der Waals surface area contributed by atoms with Gasteiger partial charge in [-0.3, -0.25) is 4.98 Å². The summed E-state index contributed by atoms with van der Waals surface area (Å²) in [5.74, 6) is 2.20. The number of anilines is 1. The minimum atomic E-state index is 0.565. The third kappa shape index (κ3) is 3.02. The Hall–Kier alpha value is -1.24. The lowest BCUT2D eigenvalue weighted by Crippen LogP contribution is -2.08. The summed E-state index contributed by atoms with van der Waals surface area (Å²) in [5.41, 5.74) is 3.21. The van der Waals surface area contributed by atoms with Crippen LogP contribution in [0.15, 0.2) is 18.3 Å². The van der Waals surface area contributed by atoms with Gasteiger partial charge in [-0.15, -0.1) is 0 Å². The summed E-state index contributed by atoms with van der Waals surface area (Å²) >= 11 is 2.37. The van der Waals surface area contributed by atoms with Gasteiger partial charge in [-0.25, -0.2) is 9.97 Å². The predicted octanol–water partition coefficient (Wildman–Crippen LogP) is 4.15. The van der Waals surface area contributed by atoms with Gasteiger partial charge in [-0.05, 0) is 60.1 Å². The lowest BCUT2D eigenvalue weighted by Gasteiger charge is -2.15. The fourth-order valence-corrected chi connectivity index (χ4v) is 3.82. The molecular weight excluding hydrogens is 375 g/mol. The van der Waals surface area contributed by atoms with E-state index in [-0.39, 0.29) is 0 Å². The predicted molar refractivity (Wildman–Crippen MR) is 93.5 cm³/mol. The minimum absolute atomic E-state index is 0.565. The number of pyridine rings is 1. The fraction of sp³-hybridized carbons (Fsp3) is 0.438. The summed E-state index contributed by atoms with van der Waals surface area (Å²) in [6.07, 6.45) is 6.89. The Morgan fingerprint density at radius 1 is 1.24 bits per heavy atom. The van der Waals surface area contributed by atoms with Gasteiger partial charge in [-0.1, -0.05) is 12.8 Å². The maximum absolute atomic E-state index is 4.85. The van der Waals surface area contributed by atoms with Crippen LogP contribution in [-0.2, 0) is 0 Å². The van der Waals surface area contributed by atoms with Gasteiger partial charge >= 0.3 is 0 Å². The summed E-state index contributed by atoms with van der Waals surface area (Å²) in [7, 11) is 1.91. The SMILES string of the molecule is CNc1nc(-c2cc(C)ccn2)nc(C2CCCC2)c1I. The first kappa shape index (κ1) is 14.7. The molecule has 2 aromatic heterocycles. The molecule has 0 saturated heterocycles. The topological polar surface area (TPSA) is 50.7 Å². The van der Waals surface area contributed by atoms with Crippen molar-refractivity contribution in [3.63, 3.8) is 0 Å². The van der Waals surface area contributed by atoms with Crippen LogP contribution in [0.3, 0.4) is 0 Å². The van der Waals surface area contributed by atoms with Crippen LogP contribution in [0.25, 0.3) is 11.5 Å². The molecule has 0 atom stereocenters. The van der Waals surface area contributed by atoms with Gasteiger partial charge in [-0.2, -0.15) is 0 Å². The number of hydrogen-bond donors (Lipinski definition) is 1. The van der Waals surface area contributed by atoms with E-state index in [2.05, 4.69) is 44.8 Å². The molecule has 2 aromatic rings. The van der Waals surface area contributed by atoms with Crippen LogP contribution in [0.4, 0.5) is 5.82 Å². The fourth-order valence-electron chi connectivity index (χ4n) is 2.87. The van der Waals surface area contributed by atoms with E-state index in [0.717, 1.165) is 20.9 Å². The van der Waals surface area contributed by atoms with Crippen molar-refractivity contribution in [1.29, 1.82) is 0 Å². The standard InChI is InChI=1S/C16H19IN4/c1-10-7-8-19-12(9-10)15-20-14(11-5-3-4-6-11)13(17)16(18-2)21-15/h7-9,11H,3-6H2,1-2H3,(H,18,20,21). The van der Waals surface area contributed by atoms with E-state index in [1.54, 1.807) is 0 Å². The van der Waals surface area contributed by atoms with Gasteiger partial charge in [0, 0.05) is 19.2 Å². The Balaban J connectivity index is 2.10. The van der Waals surface area contributed by atoms with Gasteiger partial charge in [0.1, 0.15) is 11.5 Å². The zero-order chi connectivity index (χ0) is 14.8. The molecule has 0 spiro atoms. The highest BCUT2D eigenvalue weighted by Crippen LogP contribution is 2.37. The third-order valence-corrected chi connectivity index (χ3v) is 5.06. The Morgan fingerprint density at radius 3 is 2.67 bits per heavy atom. The molecule has 1 aliphatic carbocycles. The molecule has 21 heavy (non-hydrogen) atoms. The molecule has 0 radical (unpaired) electrons. The van der Waals surface area contributed by atoms with Crippen molar-refractivity contribution in [1.82, 2.24) is 15.0 Å². The summed E-state index contributed by atoms with van der Waals surface area (Å²) in [6, 6.07) is 4.03. The molecule has 110 valence electrons. The van der Waals surface area contributed by atoms with Crippen molar-refractivity contribution in [2.24, 2.45) is 0 Å². The van der Waals surface area contributed by atoms with Crippen LogP contribution < -0.4 is 5.32 Å². The molecule has 0 amide bonds. The number of aromatic nitrogens is 3. The molecule has 1 N–H and O–H groups in total. The van der Waals surface area contributed by atoms with Crippen molar-refractivity contribution in [2.45, 2.75) is 38.5 Å². The number of halogens is 1. The zero-order valence-corrected chi connectivity index (χ0v) is 14.5. The molecule has 1 fully saturated rings. The lowest BCUT2D eigenvalue weighted by atomic mass is 10.0. The van der Waals surface area contributed by atoms with Gasteiger partial charge in [0.15, 0.2) is 5.82 Å². The Labute approximate surface area is 139 Å². The van der Waals surface area contributed by atoms with Crippen molar-refractivity contribution in [3.05, 3.63) is 33.2 Å². The minimum Gasteiger partial charge on any atom is -0.372 e. The molecule has 0 unspecified atom stereocenters. The highest BCUT2D eigenvalue weighted by molar-refractivity contribution is 14.1. The van der Waals surface area contributed by atoms with E-state index >= 15 is 0 Å². The normalized spacial score (nSPS) is 15.4. The summed E-state index contributed by atoms with van der Waals surface area (Å²) in [4.78, 5) is 13.9. The maximum atomic E-state index is 4.85. The second kappa shape index (κ2) is 6.25. The first-order valence-corrected chi connectivity index (χ1v) is 8.45. The van der Waals surface area contributed by atoms with Crippen LogP contribution >= 0.6 is 22.6 Å². The summed E-state index contributed by atoms with van der Waals surface area (Å²) in [5, 5.41) is 3.20. The average molecular weight is 394 g/mol. The molecule has 4 nitrogen and oxygen atoms in total. The number of nitrogens with one attached hydrogen (secondary N) is 1. The smallest absolute Gasteiger partial charge is 0.180 e.